The van der Waals surface area contributed by atoms with Gasteiger partial charge < -0.3 is 4.74 Å². The molecule has 0 N–H and O–H groups in total. The van der Waals surface area contributed by atoms with Crippen LogP contribution in [0.1, 0.15) is 12.0 Å². The van der Waals surface area contributed by atoms with Crippen LogP contribution in [0.5, 0.6) is 5.75 Å². The van der Waals surface area contributed by atoms with Gasteiger partial charge in [-0.25, -0.2) is 0 Å². The van der Waals surface area contributed by atoms with Crippen LogP contribution in [0.3, 0.4) is 0 Å². The van der Waals surface area contributed by atoms with E-state index in [2.05, 4.69) is 5.10 Å². The zero-order valence-electron chi connectivity index (χ0n) is 11.2. The summed E-state index contributed by atoms with van der Waals surface area (Å²) in [4.78, 5) is 21.7. The van der Waals surface area contributed by atoms with Gasteiger partial charge in [-0.1, -0.05) is 17.7 Å². The highest BCUT2D eigenvalue weighted by Crippen LogP contribution is 2.25. The Labute approximate surface area is 125 Å². The molecule has 0 aliphatic carbocycles. The average molecular weight is 310 g/mol. The van der Waals surface area contributed by atoms with Gasteiger partial charge in [-0.05, 0) is 24.6 Å². The van der Waals surface area contributed by atoms with Crippen LogP contribution < -0.4 is 4.74 Å². The SMILES string of the molecule is Cc1ccc(OC(=O)CCn2cc([N+](=O)[O-])cn2)c(Cl)c1. The molecular weight excluding hydrogens is 298 g/mol. The first-order valence-corrected chi connectivity index (χ1v) is 6.47. The maximum Gasteiger partial charge on any atom is 0.313 e. The van der Waals surface area contributed by atoms with E-state index in [-0.39, 0.29) is 18.7 Å². The first-order chi connectivity index (χ1) is 9.95. The first-order valence-electron chi connectivity index (χ1n) is 6.09. The largest absolute Gasteiger partial charge is 0.425 e. The molecule has 0 saturated carbocycles. The molecule has 0 saturated heterocycles. The van der Waals surface area contributed by atoms with E-state index < -0.39 is 10.9 Å². The molecule has 0 amide bonds. The Morgan fingerprint density at radius 1 is 1.52 bits per heavy atom. The van der Waals surface area contributed by atoms with Crippen LogP contribution in [0, 0.1) is 17.0 Å². The van der Waals surface area contributed by atoms with Gasteiger partial charge in [-0.2, -0.15) is 5.10 Å². The number of rotatable bonds is 5. The summed E-state index contributed by atoms with van der Waals surface area (Å²) in [6.45, 7) is 2.07. The number of carbonyl (C=O) groups excluding carboxylic acids is 1. The topological polar surface area (TPSA) is 87.3 Å². The van der Waals surface area contributed by atoms with Crippen molar-refractivity contribution in [3.63, 3.8) is 0 Å². The second kappa shape index (κ2) is 6.36. The number of nitrogens with zero attached hydrogens (tertiary/aromatic N) is 3. The van der Waals surface area contributed by atoms with E-state index >= 15 is 0 Å². The number of carbonyl (C=O) groups is 1. The Balaban J connectivity index is 1.91. The fourth-order valence-corrected chi connectivity index (χ4v) is 1.91. The van der Waals surface area contributed by atoms with Gasteiger partial charge in [-0.15, -0.1) is 0 Å². The number of nitro groups is 1. The highest BCUT2D eigenvalue weighted by molar-refractivity contribution is 6.32. The Bertz CT molecular complexity index is 684. The van der Waals surface area contributed by atoms with Crippen LogP contribution in [0.25, 0.3) is 0 Å². The molecule has 21 heavy (non-hydrogen) atoms. The molecular formula is C13H12ClN3O4. The highest BCUT2D eigenvalue weighted by Gasteiger charge is 2.12. The number of benzene rings is 1. The molecule has 1 aromatic heterocycles. The van der Waals surface area contributed by atoms with E-state index in [1.165, 1.54) is 10.9 Å². The zero-order valence-corrected chi connectivity index (χ0v) is 11.9. The van der Waals surface area contributed by atoms with Crippen molar-refractivity contribution < 1.29 is 14.5 Å². The predicted molar refractivity (Wildman–Crippen MR) is 75.3 cm³/mol. The number of aryl methyl sites for hydroxylation is 2. The van der Waals surface area contributed by atoms with Crippen LogP contribution in [0.2, 0.25) is 5.02 Å². The molecule has 0 unspecified atom stereocenters. The van der Waals surface area contributed by atoms with Crippen molar-refractivity contribution in [2.45, 2.75) is 19.9 Å². The summed E-state index contributed by atoms with van der Waals surface area (Å²) in [6, 6.07) is 5.10. The van der Waals surface area contributed by atoms with Crippen LogP contribution in [0.4, 0.5) is 5.69 Å². The molecule has 0 bridgehead atoms. The summed E-state index contributed by atoms with van der Waals surface area (Å²) in [6.07, 6.45) is 2.41. The molecule has 0 atom stereocenters. The molecule has 7 nitrogen and oxygen atoms in total. The Hall–Kier alpha value is -2.41. The van der Waals surface area contributed by atoms with E-state index in [0.717, 1.165) is 11.8 Å². The van der Waals surface area contributed by atoms with Crippen LogP contribution in [0.15, 0.2) is 30.6 Å². The fourth-order valence-electron chi connectivity index (χ4n) is 1.64. The van der Waals surface area contributed by atoms with E-state index in [0.29, 0.717) is 10.8 Å². The van der Waals surface area contributed by atoms with Crippen molar-refractivity contribution in [2.24, 2.45) is 0 Å². The van der Waals surface area contributed by atoms with Crippen molar-refractivity contribution in [1.29, 1.82) is 0 Å². The normalized spacial score (nSPS) is 10.4. The minimum atomic E-state index is -0.548. The fraction of sp³-hybridized carbons (Fsp3) is 0.231. The number of aromatic nitrogens is 2. The standard InChI is InChI=1S/C13H12ClN3O4/c1-9-2-3-12(11(14)6-9)21-13(18)4-5-16-8-10(7-15-16)17(19)20/h2-3,6-8H,4-5H2,1H3. The lowest BCUT2D eigenvalue weighted by molar-refractivity contribution is -0.385. The lowest BCUT2D eigenvalue weighted by Gasteiger charge is -2.06. The van der Waals surface area contributed by atoms with Crippen molar-refractivity contribution in [2.75, 3.05) is 0 Å². The third-order valence-electron chi connectivity index (χ3n) is 2.69. The third kappa shape index (κ3) is 4.03. The van der Waals surface area contributed by atoms with Gasteiger partial charge in [0.25, 0.3) is 0 Å². The summed E-state index contributed by atoms with van der Waals surface area (Å²) in [5.74, 6) is -0.197. The minimum Gasteiger partial charge on any atom is -0.425 e. The molecule has 110 valence electrons. The Kier molecular flexibility index (Phi) is 4.54. The molecule has 2 rings (SSSR count). The smallest absolute Gasteiger partial charge is 0.313 e. The van der Waals surface area contributed by atoms with E-state index in [1.807, 2.05) is 6.92 Å². The summed E-state index contributed by atoms with van der Waals surface area (Å²) in [5.41, 5.74) is 0.841. The van der Waals surface area contributed by atoms with Crippen molar-refractivity contribution in [3.8, 4) is 5.75 Å². The lowest BCUT2D eigenvalue weighted by Crippen LogP contribution is -2.12. The summed E-state index contributed by atoms with van der Waals surface area (Å²) >= 11 is 5.96. The molecule has 1 heterocycles. The molecule has 2 aromatic rings. The Morgan fingerprint density at radius 2 is 2.29 bits per heavy atom. The molecule has 0 fully saturated rings. The van der Waals surface area contributed by atoms with Gasteiger partial charge in [-0.3, -0.25) is 19.6 Å². The van der Waals surface area contributed by atoms with E-state index in [9.17, 15) is 14.9 Å². The van der Waals surface area contributed by atoms with Gasteiger partial charge in [0, 0.05) is 0 Å². The summed E-state index contributed by atoms with van der Waals surface area (Å²) in [7, 11) is 0. The lowest BCUT2D eigenvalue weighted by atomic mass is 10.2. The molecule has 0 spiro atoms. The zero-order chi connectivity index (χ0) is 15.4. The highest BCUT2D eigenvalue weighted by atomic mass is 35.5. The summed E-state index contributed by atoms with van der Waals surface area (Å²) in [5, 5.41) is 14.7. The number of esters is 1. The molecule has 8 heteroatoms. The van der Waals surface area contributed by atoms with E-state index in [1.54, 1.807) is 18.2 Å². The molecule has 0 aliphatic rings. The van der Waals surface area contributed by atoms with Gasteiger partial charge in [0.2, 0.25) is 0 Å². The molecule has 0 aliphatic heterocycles. The minimum absolute atomic E-state index is 0.0308. The number of ether oxygens (including phenoxy) is 1. The monoisotopic (exact) mass is 309 g/mol. The molecule has 0 radical (unpaired) electrons. The maximum absolute atomic E-state index is 11.7. The number of hydrogen-bond acceptors (Lipinski definition) is 5. The van der Waals surface area contributed by atoms with Crippen molar-refractivity contribution >= 4 is 23.3 Å². The number of hydrogen-bond donors (Lipinski definition) is 0. The maximum atomic E-state index is 11.7. The van der Waals surface area contributed by atoms with E-state index in [4.69, 9.17) is 16.3 Å². The van der Waals surface area contributed by atoms with Crippen LogP contribution in [-0.2, 0) is 11.3 Å². The second-order valence-corrected chi connectivity index (χ2v) is 4.78. The quantitative estimate of drug-likeness (QED) is 0.367. The van der Waals surface area contributed by atoms with Crippen molar-refractivity contribution in [1.82, 2.24) is 9.78 Å². The van der Waals surface area contributed by atoms with Crippen molar-refractivity contribution in [3.05, 3.63) is 51.3 Å². The van der Waals surface area contributed by atoms with Gasteiger partial charge >= 0.3 is 11.7 Å². The van der Waals surface area contributed by atoms with Crippen LogP contribution >= 0.6 is 11.6 Å². The van der Waals surface area contributed by atoms with Gasteiger partial charge in [0.15, 0.2) is 0 Å². The van der Waals surface area contributed by atoms with Gasteiger partial charge in [0.05, 0.1) is 22.9 Å². The average Bonchev–Trinajstić information content (AvgIpc) is 2.89. The number of halogens is 1. The summed E-state index contributed by atoms with van der Waals surface area (Å²) < 4.78 is 6.45. The van der Waals surface area contributed by atoms with Gasteiger partial charge in [0.1, 0.15) is 18.1 Å². The molecule has 1 aromatic carbocycles. The van der Waals surface area contributed by atoms with Crippen LogP contribution in [-0.4, -0.2) is 20.7 Å². The third-order valence-corrected chi connectivity index (χ3v) is 2.98. The predicted octanol–water partition coefficient (Wildman–Crippen LogP) is 2.75. The second-order valence-electron chi connectivity index (χ2n) is 4.38. The first kappa shape index (κ1) is 15.0. The Morgan fingerprint density at radius 3 is 2.90 bits per heavy atom.